The van der Waals surface area contributed by atoms with Crippen molar-refractivity contribution in [2.24, 2.45) is 0 Å². The van der Waals surface area contributed by atoms with Crippen LogP contribution in [0.4, 0.5) is 5.69 Å². The Morgan fingerprint density at radius 3 is 2.54 bits per heavy atom. The maximum Gasteiger partial charge on any atom is 0.228 e. The third-order valence-electron chi connectivity index (χ3n) is 3.88. The number of thiazole rings is 1. The van der Waals surface area contributed by atoms with E-state index in [9.17, 15) is 4.79 Å². The summed E-state index contributed by atoms with van der Waals surface area (Å²) in [7, 11) is 0. The van der Waals surface area contributed by atoms with Crippen molar-refractivity contribution < 1.29 is 9.53 Å². The second-order valence-corrected chi connectivity index (χ2v) is 6.71. The lowest BCUT2D eigenvalue weighted by molar-refractivity contribution is -0.115. The average Bonchev–Trinajstić information content (AvgIpc) is 3.12. The topological polar surface area (TPSA) is 51.2 Å². The molecule has 4 nitrogen and oxygen atoms in total. The molecule has 1 aromatic heterocycles. The van der Waals surface area contributed by atoms with E-state index in [0.29, 0.717) is 6.42 Å². The van der Waals surface area contributed by atoms with Crippen LogP contribution < -0.4 is 10.1 Å². The van der Waals surface area contributed by atoms with Gasteiger partial charge in [-0.05, 0) is 48.0 Å². The smallest absolute Gasteiger partial charge is 0.228 e. The minimum atomic E-state index is -0.0504. The minimum Gasteiger partial charge on any atom is -0.457 e. The van der Waals surface area contributed by atoms with E-state index in [4.69, 9.17) is 4.74 Å². The Hall–Kier alpha value is -3.18. The van der Waals surface area contributed by atoms with Gasteiger partial charge in [0.05, 0.1) is 22.1 Å². The van der Waals surface area contributed by atoms with E-state index < -0.39 is 0 Å². The lowest BCUT2D eigenvalue weighted by Gasteiger charge is -2.08. The number of hydrogen-bond acceptors (Lipinski definition) is 4. The van der Waals surface area contributed by atoms with Crippen molar-refractivity contribution in [1.82, 2.24) is 4.98 Å². The fraction of sp³-hybridized carbons (Fsp3) is 0.0476. The van der Waals surface area contributed by atoms with Crippen molar-refractivity contribution in [2.75, 3.05) is 5.32 Å². The Bertz CT molecular complexity index is 1030. The lowest BCUT2D eigenvalue weighted by Crippen LogP contribution is -2.14. The molecule has 0 aliphatic carbocycles. The highest BCUT2D eigenvalue weighted by atomic mass is 32.1. The van der Waals surface area contributed by atoms with Gasteiger partial charge >= 0.3 is 0 Å². The molecule has 1 amide bonds. The molecular weight excluding hydrogens is 344 g/mol. The van der Waals surface area contributed by atoms with Crippen LogP contribution in [0.3, 0.4) is 0 Å². The fourth-order valence-corrected chi connectivity index (χ4v) is 3.34. The second kappa shape index (κ2) is 7.37. The third-order valence-corrected chi connectivity index (χ3v) is 4.67. The summed E-state index contributed by atoms with van der Waals surface area (Å²) < 4.78 is 6.82. The van der Waals surface area contributed by atoms with Gasteiger partial charge in [0.15, 0.2) is 0 Å². The standard InChI is InChI=1S/C21H16N2O2S/c24-21(23-16-8-11-19-20(13-16)26-14-22-19)12-15-6-9-18(10-7-15)25-17-4-2-1-3-5-17/h1-11,13-14H,12H2,(H,23,24). The molecule has 4 aromatic rings. The Morgan fingerprint density at radius 2 is 1.73 bits per heavy atom. The zero-order chi connectivity index (χ0) is 17.8. The molecule has 1 heterocycles. The van der Waals surface area contributed by atoms with E-state index in [0.717, 1.165) is 33.0 Å². The zero-order valence-electron chi connectivity index (χ0n) is 13.9. The highest BCUT2D eigenvalue weighted by Gasteiger charge is 2.06. The van der Waals surface area contributed by atoms with Gasteiger partial charge in [-0.2, -0.15) is 0 Å². The summed E-state index contributed by atoms with van der Waals surface area (Å²) in [6.07, 6.45) is 0.312. The van der Waals surface area contributed by atoms with Crippen molar-refractivity contribution in [3.8, 4) is 11.5 Å². The normalized spacial score (nSPS) is 10.6. The van der Waals surface area contributed by atoms with Crippen molar-refractivity contribution >= 4 is 33.1 Å². The summed E-state index contributed by atoms with van der Waals surface area (Å²) in [5.74, 6) is 1.48. The van der Waals surface area contributed by atoms with Crippen LogP contribution in [-0.4, -0.2) is 10.9 Å². The van der Waals surface area contributed by atoms with E-state index in [1.54, 1.807) is 16.8 Å². The number of rotatable bonds is 5. The van der Waals surface area contributed by atoms with Crippen LogP contribution in [-0.2, 0) is 11.2 Å². The molecule has 0 radical (unpaired) electrons. The van der Waals surface area contributed by atoms with Crippen LogP contribution >= 0.6 is 11.3 Å². The molecule has 0 bridgehead atoms. The van der Waals surface area contributed by atoms with Crippen molar-refractivity contribution in [3.05, 3.63) is 83.9 Å². The van der Waals surface area contributed by atoms with Crippen LogP contribution in [0.5, 0.6) is 11.5 Å². The number of benzene rings is 3. The number of carbonyl (C=O) groups is 1. The number of fused-ring (bicyclic) bond motifs is 1. The highest BCUT2D eigenvalue weighted by Crippen LogP contribution is 2.23. The number of para-hydroxylation sites is 1. The van der Waals surface area contributed by atoms with E-state index in [1.165, 1.54) is 0 Å². The molecule has 5 heteroatoms. The van der Waals surface area contributed by atoms with E-state index >= 15 is 0 Å². The Balaban J connectivity index is 1.38. The zero-order valence-corrected chi connectivity index (χ0v) is 14.7. The summed E-state index contributed by atoms with van der Waals surface area (Å²) in [5, 5.41) is 2.94. The first-order valence-electron chi connectivity index (χ1n) is 8.21. The number of anilines is 1. The van der Waals surface area contributed by atoms with Gasteiger partial charge in [-0.15, -0.1) is 11.3 Å². The summed E-state index contributed by atoms with van der Waals surface area (Å²) in [5.41, 5.74) is 4.47. The van der Waals surface area contributed by atoms with Gasteiger partial charge in [0, 0.05) is 5.69 Å². The molecule has 0 atom stereocenters. The van der Waals surface area contributed by atoms with Crippen LogP contribution in [0.25, 0.3) is 10.2 Å². The van der Waals surface area contributed by atoms with E-state index in [-0.39, 0.29) is 5.91 Å². The van der Waals surface area contributed by atoms with Gasteiger partial charge < -0.3 is 10.1 Å². The number of nitrogens with one attached hydrogen (secondary N) is 1. The first kappa shape index (κ1) is 16.3. The number of carbonyl (C=O) groups excluding carboxylic acids is 1. The summed E-state index contributed by atoms with van der Waals surface area (Å²) in [6.45, 7) is 0. The molecule has 128 valence electrons. The molecule has 1 N–H and O–H groups in total. The van der Waals surface area contributed by atoms with Gasteiger partial charge in [0.2, 0.25) is 5.91 Å². The molecule has 0 saturated heterocycles. The van der Waals surface area contributed by atoms with E-state index in [1.807, 2.05) is 72.8 Å². The molecule has 0 aliphatic rings. The summed E-state index contributed by atoms with van der Waals surface area (Å²) >= 11 is 1.56. The number of amides is 1. The Morgan fingerprint density at radius 1 is 0.962 bits per heavy atom. The predicted octanol–water partition coefficient (Wildman–Crippen LogP) is 5.27. The van der Waals surface area contributed by atoms with Gasteiger partial charge in [0.25, 0.3) is 0 Å². The largest absolute Gasteiger partial charge is 0.457 e. The highest BCUT2D eigenvalue weighted by molar-refractivity contribution is 7.16. The predicted molar refractivity (Wildman–Crippen MR) is 105 cm³/mol. The summed E-state index contributed by atoms with van der Waals surface area (Å²) in [6, 6.07) is 22.9. The minimum absolute atomic E-state index is 0.0504. The monoisotopic (exact) mass is 360 g/mol. The molecule has 0 fully saturated rings. The molecular formula is C21H16N2O2S. The second-order valence-electron chi connectivity index (χ2n) is 5.82. The third kappa shape index (κ3) is 3.90. The first-order chi connectivity index (χ1) is 12.8. The molecule has 26 heavy (non-hydrogen) atoms. The quantitative estimate of drug-likeness (QED) is 0.527. The average molecular weight is 360 g/mol. The van der Waals surface area contributed by atoms with Crippen molar-refractivity contribution in [2.45, 2.75) is 6.42 Å². The molecule has 0 saturated carbocycles. The van der Waals surface area contributed by atoms with Crippen LogP contribution in [0.1, 0.15) is 5.56 Å². The number of ether oxygens (including phenoxy) is 1. The Labute approximate surface area is 155 Å². The number of hydrogen-bond donors (Lipinski definition) is 1. The van der Waals surface area contributed by atoms with Gasteiger partial charge in [-0.3, -0.25) is 4.79 Å². The molecule has 3 aromatic carbocycles. The lowest BCUT2D eigenvalue weighted by atomic mass is 10.1. The van der Waals surface area contributed by atoms with Crippen LogP contribution in [0, 0.1) is 0 Å². The van der Waals surface area contributed by atoms with Crippen LogP contribution in [0.2, 0.25) is 0 Å². The Kier molecular flexibility index (Phi) is 4.62. The fourth-order valence-electron chi connectivity index (χ4n) is 2.62. The van der Waals surface area contributed by atoms with Gasteiger partial charge in [-0.1, -0.05) is 30.3 Å². The SMILES string of the molecule is O=C(Cc1ccc(Oc2ccccc2)cc1)Nc1ccc2ncsc2c1. The molecule has 0 spiro atoms. The maximum atomic E-state index is 12.3. The van der Waals surface area contributed by atoms with E-state index in [2.05, 4.69) is 10.3 Å². The number of aromatic nitrogens is 1. The van der Waals surface area contributed by atoms with Crippen molar-refractivity contribution in [1.29, 1.82) is 0 Å². The van der Waals surface area contributed by atoms with Crippen molar-refractivity contribution in [3.63, 3.8) is 0 Å². The molecule has 0 unspecified atom stereocenters. The molecule has 0 aliphatic heterocycles. The van der Waals surface area contributed by atoms with Crippen LogP contribution in [0.15, 0.2) is 78.3 Å². The maximum absolute atomic E-state index is 12.3. The molecule has 4 rings (SSSR count). The first-order valence-corrected chi connectivity index (χ1v) is 9.09. The summed E-state index contributed by atoms with van der Waals surface area (Å²) in [4.78, 5) is 16.5. The van der Waals surface area contributed by atoms with Gasteiger partial charge in [-0.25, -0.2) is 4.98 Å². The number of nitrogens with zero attached hydrogens (tertiary/aromatic N) is 1. The van der Waals surface area contributed by atoms with Gasteiger partial charge in [0.1, 0.15) is 11.5 Å².